The molecule has 1 fully saturated rings. The van der Waals surface area contributed by atoms with Crippen LogP contribution in [0, 0.1) is 5.92 Å². The summed E-state index contributed by atoms with van der Waals surface area (Å²) in [6, 6.07) is 0. The van der Waals surface area contributed by atoms with Crippen molar-refractivity contribution in [3.05, 3.63) is 0 Å². The van der Waals surface area contributed by atoms with Crippen LogP contribution in [0.1, 0.15) is 19.3 Å². The van der Waals surface area contributed by atoms with E-state index < -0.39 is 12.1 Å². The summed E-state index contributed by atoms with van der Waals surface area (Å²) in [6.07, 6.45) is 0.216. The zero-order chi connectivity index (χ0) is 8.97. The van der Waals surface area contributed by atoms with Crippen LogP contribution in [0.15, 0.2) is 0 Å². The van der Waals surface area contributed by atoms with E-state index in [0.717, 1.165) is 19.4 Å². The highest BCUT2D eigenvalue weighted by molar-refractivity contribution is 5.67. The van der Waals surface area contributed by atoms with E-state index in [1.165, 1.54) is 0 Å². The minimum Gasteiger partial charge on any atom is -0.481 e. The van der Waals surface area contributed by atoms with Crippen LogP contribution < -0.4 is 5.32 Å². The minimum absolute atomic E-state index is 0.102. The smallest absolute Gasteiger partial charge is 0.306 e. The summed E-state index contributed by atoms with van der Waals surface area (Å²) >= 11 is 0. The Labute approximate surface area is 71.0 Å². The quantitative estimate of drug-likeness (QED) is 0.667. The lowest BCUT2D eigenvalue weighted by atomic mass is 9.93. The Morgan fingerprint density at radius 1 is 1.75 bits per heavy atom. The highest BCUT2D eigenvalue weighted by atomic mass is 19.1. The Balaban J connectivity index is 2.29. The van der Waals surface area contributed by atoms with Gasteiger partial charge < -0.3 is 10.4 Å². The second kappa shape index (κ2) is 4.40. The van der Waals surface area contributed by atoms with Gasteiger partial charge >= 0.3 is 5.97 Å². The van der Waals surface area contributed by atoms with Crippen LogP contribution in [0.25, 0.3) is 0 Å². The monoisotopic (exact) mass is 175 g/mol. The first-order valence-corrected chi connectivity index (χ1v) is 4.26. The minimum atomic E-state index is -1.18. The number of carboxylic acid groups (broad SMARTS) is 1. The maximum Gasteiger partial charge on any atom is 0.306 e. The Hall–Kier alpha value is -0.640. The summed E-state index contributed by atoms with van der Waals surface area (Å²) in [4.78, 5) is 10.2. The van der Waals surface area contributed by atoms with Crippen molar-refractivity contribution in [2.24, 2.45) is 5.92 Å². The number of hydrogen-bond acceptors (Lipinski definition) is 2. The van der Waals surface area contributed by atoms with Gasteiger partial charge in [0.15, 0.2) is 0 Å². The Kier molecular flexibility index (Phi) is 3.47. The maximum atomic E-state index is 13.1. The van der Waals surface area contributed by atoms with Crippen molar-refractivity contribution in [2.45, 2.75) is 25.4 Å². The van der Waals surface area contributed by atoms with Gasteiger partial charge in [0, 0.05) is 12.5 Å². The first-order valence-electron chi connectivity index (χ1n) is 4.26. The topological polar surface area (TPSA) is 49.3 Å². The number of carbonyl (C=O) groups is 1. The van der Waals surface area contributed by atoms with Crippen LogP contribution in [-0.2, 0) is 4.79 Å². The second-order valence-electron chi connectivity index (χ2n) is 3.22. The zero-order valence-corrected chi connectivity index (χ0v) is 6.92. The molecule has 0 aliphatic carbocycles. The molecule has 1 rings (SSSR count). The molecular formula is C8H14FNO2. The molecule has 70 valence electrons. The number of nitrogens with one attached hydrogen (secondary N) is 1. The van der Waals surface area contributed by atoms with E-state index in [1.54, 1.807) is 0 Å². The molecule has 3 nitrogen and oxygen atoms in total. The van der Waals surface area contributed by atoms with Crippen molar-refractivity contribution in [1.29, 1.82) is 0 Å². The first-order chi connectivity index (χ1) is 5.70. The van der Waals surface area contributed by atoms with Gasteiger partial charge in [-0.2, -0.15) is 0 Å². The molecular weight excluding hydrogens is 161 g/mol. The average Bonchev–Trinajstić information content (AvgIpc) is 2.05. The van der Waals surface area contributed by atoms with E-state index in [1.807, 2.05) is 0 Å². The number of piperidine rings is 1. The normalized spacial score (nSPS) is 26.6. The molecule has 12 heavy (non-hydrogen) atoms. The second-order valence-corrected chi connectivity index (χ2v) is 3.22. The third-order valence-electron chi connectivity index (χ3n) is 2.22. The molecule has 2 unspecified atom stereocenters. The van der Waals surface area contributed by atoms with Gasteiger partial charge in [0.2, 0.25) is 0 Å². The van der Waals surface area contributed by atoms with Crippen molar-refractivity contribution < 1.29 is 14.3 Å². The number of carboxylic acids is 1. The lowest BCUT2D eigenvalue weighted by molar-refractivity contribution is -0.138. The van der Waals surface area contributed by atoms with Gasteiger partial charge in [-0.3, -0.25) is 4.79 Å². The molecule has 0 aromatic heterocycles. The van der Waals surface area contributed by atoms with Crippen LogP contribution in [-0.4, -0.2) is 30.3 Å². The number of aliphatic carboxylic acids is 1. The predicted molar refractivity (Wildman–Crippen MR) is 42.7 cm³/mol. The van der Waals surface area contributed by atoms with Crippen LogP contribution in [0.3, 0.4) is 0 Å². The Morgan fingerprint density at radius 3 is 3.00 bits per heavy atom. The summed E-state index contributed by atoms with van der Waals surface area (Å²) in [7, 11) is 0. The van der Waals surface area contributed by atoms with Gasteiger partial charge in [0.25, 0.3) is 0 Å². The molecule has 0 aromatic rings. The van der Waals surface area contributed by atoms with Gasteiger partial charge in [0.1, 0.15) is 6.17 Å². The molecule has 0 aromatic carbocycles. The largest absolute Gasteiger partial charge is 0.481 e. The highest BCUT2D eigenvalue weighted by Gasteiger charge is 2.24. The summed E-state index contributed by atoms with van der Waals surface area (Å²) in [6.45, 7) is 1.55. The molecule has 4 heteroatoms. The van der Waals surface area contributed by atoms with Crippen molar-refractivity contribution >= 4 is 5.97 Å². The van der Waals surface area contributed by atoms with Gasteiger partial charge in [-0.1, -0.05) is 0 Å². The molecule has 0 bridgehead atoms. The summed E-state index contributed by atoms with van der Waals surface area (Å²) in [5.74, 6) is -1.15. The van der Waals surface area contributed by atoms with Crippen molar-refractivity contribution in [1.82, 2.24) is 5.32 Å². The fraction of sp³-hybridized carbons (Fsp3) is 0.875. The van der Waals surface area contributed by atoms with E-state index in [0.29, 0.717) is 6.54 Å². The van der Waals surface area contributed by atoms with E-state index in [9.17, 15) is 9.18 Å². The Morgan fingerprint density at radius 2 is 2.50 bits per heavy atom. The molecule has 0 radical (unpaired) electrons. The van der Waals surface area contributed by atoms with Crippen molar-refractivity contribution in [3.8, 4) is 0 Å². The highest BCUT2D eigenvalue weighted by Crippen LogP contribution is 2.19. The van der Waals surface area contributed by atoms with Gasteiger partial charge in [-0.05, 0) is 19.4 Å². The van der Waals surface area contributed by atoms with E-state index in [-0.39, 0.29) is 12.3 Å². The summed E-state index contributed by atoms with van der Waals surface area (Å²) in [5, 5.41) is 11.4. The van der Waals surface area contributed by atoms with Gasteiger partial charge in [-0.25, -0.2) is 4.39 Å². The molecule has 0 saturated carbocycles. The van der Waals surface area contributed by atoms with E-state index in [4.69, 9.17) is 5.11 Å². The summed E-state index contributed by atoms with van der Waals surface area (Å²) < 4.78 is 13.1. The fourth-order valence-corrected chi connectivity index (χ4v) is 1.52. The van der Waals surface area contributed by atoms with E-state index in [2.05, 4.69) is 5.32 Å². The summed E-state index contributed by atoms with van der Waals surface area (Å²) in [5.41, 5.74) is 0. The molecule has 1 saturated heterocycles. The number of alkyl halides is 1. The molecule has 1 aliphatic rings. The third-order valence-corrected chi connectivity index (χ3v) is 2.22. The average molecular weight is 175 g/mol. The first kappa shape index (κ1) is 9.45. The molecule has 1 heterocycles. The van der Waals surface area contributed by atoms with Crippen LogP contribution in [0.2, 0.25) is 0 Å². The number of halogens is 1. The molecule has 2 N–H and O–H groups in total. The third kappa shape index (κ3) is 2.77. The molecule has 0 amide bonds. The van der Waals surface area contributed by atoms with Crippen LogP contribution in [0.5, 0.6) is 0 Å². The van der Waals surface area contributed by atoms with Crippen LogP contribution in [0.4, 0.5) is 4.39 Å². The molecule has 1 aliphatic heterocycles. The maximum absolute atomic E-state index is 13.1. The van der Waals surface area contributed by atoms with Gasteiger partial charge in [-0.15, -0.1) is 0 Å². The Bertz CT molecular complexity index is 157. The lowest BCUT2D eigenvalue weighted by Crippen LogP contribution is -2.35. The lowest BCUT2D eigenvalue weighted by Gasteiger charge is -2.24. The van der Waals surface area contributed by atoms with Crippen LogP contribution >= 0.6 is 0 Å². The van der Waals surface area contributed by atoms with Crippen molar-refractivity contribution in [3.63, 3.8) is 0 Å². The van der Waals surface area contributed by atoms with E-state index >= 15 is 0 Å². The number of rotatable bonds is 3. The zero-order valence-electron chi connectivity index (χ0n) is 6.92. The SMILES string of the molecule is O=C(O)CC(F)C1CCCNC1. The van der Waals surface area contributed by atoms with Gasteiger partial charge in [0.05, 0.1) is 6.42 Å². The molecule has 2 atom stereocenters. The predicted octanol–water partition coefficient (Wildman–Crippen LogP) is 0.799. The number of hydrogen-bond donors (Lipinski definition) is 2. The standard InChI is InChI=1S/C8H14FNO2/c9-7(4-8(11)12)6-2-1-3-10-5-6/h6-7,10H,1-5H2,(H,11,12). The fourth-order valence-electron chi connectivity index (χ4n) is 1.52. The van der Waals surface area contributed by atoms with Crippen molar-refractivity contribution in [2.75, 3.05) is 13.1 Å². The molecule has 0 spiro atoms.